The van der Waals surface area contributed by atoms with E-state index < -0.39 is 5.97 Å². The van der Waals surface area contributed by atoms with Gasteiger partial charge in [0.15, 0.2) is 0 Å². The SMILES string of the molecule is CCCCN(C)C(CC(=O)O)Cc1c(C)cc(C)cc1C. The van der Waals surface area contributed by atoms with Gasteiger partial charge in [0.05, 0.1) is 6.42 Å². The number of aliphatic carboxylic acids is 1. The van der Waals surface area contributed by atoms with Gasteiger partial charge in [-0.25, -0.2) is 0 Å². The van der Waals surface area contributed by atoms with E-state index in [4.69, 9.17) is 0 Å². The van der Waals surface area contributed by atoms with E-state index >= 15 is 0 Å². The first-order chi connectivity index (χ1) is 9.85. The lowest BCUT2D eigenvalue weighted by Gasteiger charge is -2.28. The molecule has 0 spiro atoms. The summed E-state index contributed by atoms with van der Waals surface area (Å²) in [5, 5.41) is 9.19. The largest absolute Gasteiger partial charge is 0.481 e. The number of benzene rings is 1. The highest BCUT2D eigenvalue weighted by atomic mass is 16.4. The summed E-state index contributed by atoms with van der Waals surface area (Å²) in [5.74, 6) is -0.717. The second kappa shape index (κ2) is 8.18. The Morgan fingerprint density at radius 1 is 1.24 bits per heavy atom. The van der Waals surface area contributed by atoms with Crippen molar-refractivity contribution in [1.82, 2.24) is 4.90 Å². The number of carboxylic acid groups (broad SMARTS) is 1. The molecular formula is C18H29NO2. The van der Waals surface area contributed by atoms with E-state index in [1.165, 1.54) is 22.3 Å². The molecule has 0 aliphatic rings. The average molecular weight is 291 g/mol. The van der Waals surface area contributed by atoms with Crippen molar-refractivity contribution < 1.29 is 9.90 Å². The fourth-order valence-electron chi connectivity index (χ4n) is 2.94. The molecule has 3 nitrogen and oxygen atoms in total. The summed E-state index contributed by atoms with van der Waals surface area (Å²) in [4.78, 5) is 13.4. The number of unbranched alkanes of at least 4 members (excludes halogenated alkanes) is 1. The molecular weight excluding hydrogens is 262 g/mol. The first-order valence-electron chi connectivity index (χ1n) is 7.83. The number of rotatable bonds is 8. The maximum absolute atomic E-state index is 11.2. The zero-order valence-electron chi connectivity index (χ0n) is 14.1. The van der Waals surface area contributed by atoms with Gasteiger partial charge in [0.1, 0.15) is 0 Å². The van der Waals surface area contributed by atoms with Crippen molar-refractivity contribution in [2.45, 2.75) is 59.4 Å². The number of likely N-dealkylation sites (N-methyl/N-ethyl adjacent to an activating group) is 1. The lowest BCUT2D eigenvalue weighted by molar-refractivity contribution is -0.138. The molecule has 0 fully saturated rings. The van der Waals surface area contributed by atoms with E-state index in [-0.39, 0.29) is 12.5 Å². The lowest BCUT2D eigenvalue weighted by atomic mass is 9.92. The van der Waals surface area contributed by atoms with Crippen LogP contribution in [-0.2, 0) is 11.2 Å². The third-order valence-corrected chi connectivity index (χ3v) is 4.18. The summed E-state index contributed by atoms with van der Waals surface area (Å²) in [7, 11) is 2.04. The van der Waals surface area contributed by atoms with Gasteiger partial charge in [0.25, 0.3) is 0 Å². The van der Waals surface area contributed by atoms with Crippen LogP contribution in [0.5, 0.6) is 0 Å². The van der Waals surface area contributed by atoms with Crippen LogP contribution >= 0.6 is 0 Å². The number of aryl methyl sites for hydroxylation is 3. The van der Waals surface area contributed by atoms with E-state index in [1.54, 1.807) is 0 Å². The standard InChI is InChI=1S/C18H29NO2/c1-6-7-8-19(5)16(12-18(20)21)11-17-14(3)9-13(2)10-15(17)4/h9-10,16H,6-8,11-12H2,1-5H3,(H,20,21). The van der Waals surface area contributed by atoms with Gasteiger partial charge in [0, 0.05) is 6.04 Å². The Morgan fingerprint density at radius 3 is 2.29 bits per heavy atom. The summed E-state index contributed by atoms with van der Waals surface area (Å²) < 4.78 is 0. The predicted molar refractivity (Wildman–Crippen MR) is 87.9 cm³/mol. The van der Waals surface area contributed by atoms with Gasteiger partial charge in [-0.05, 0) is 63.9 Å². The zero-order valence-corrected chi connectivity index (χ0v) is 14.1. The molecule has 0 saturated heterocycles. The van der Waals surface area contributed by atoms with Gasteiger partial charge in [-0.1, -0.05) is 31.0 Å². The van der Waals surface area contributed by atoms with Crippen molar-refractivity contribution in [3.63, 3.8) is 0 Å². The summed E-state index contributed by atoms with van der Waals surface area (Å²) in [6.45, 7) is 9.47. The van der Waals surface area contributed by atoms with Crippen LogP contribution < -0.4 is 0 Å². The molecule has 118 valence electrons. The van der Waals surface area contributed by atoms with Gasteiger partial charge in [0.2, 0.25) is 0 Å². The molecule has 0 amide bonds. The average Bonchev–Trinajstić information content (AvgIpc) is 2.38. The summed E-state index contributed by atoms with van der Waals surface area (Å²) in [6.07, 6.45) is 3.25. The molecule has 0 aliphatic heterocycles. The number of hydrogen-bond donors (Lipinski definition) is 1. The van der Waals surface area contributed by atoms with Crippen molar-refractivity contribution in [1.29, 1.82) is 0 Å². The summed E-state index contributed by atoms with van der Waals surface area (Å²) in [5.41, 5.74) is 5.11. The fourth-order valence-corrected chi connectivity index (χ4v) is 2.94. The van der Waals surface area contributed by atoms with E-state index in [9.17, 15) is 9.90 Å². The van der Waals surface area contributed by atoms with Gasteiger partial charge in [-0.15, -0.1) is 0 Å². The van der Waals surface area contributed by atoms with Crippen LogP contribution in [0.25, 0.3) is 0 Å². The second-order valence-electron chi connectivity index (χ2n) is 6.17. The third kappa shape index (κ3) is 5.50. The Labute approximate surface area is 129 Å². The summed E-state index contributed by atoms with van der Waals surface area (Å²) >= 11 is 0. The fraction of sp³-hybridized carbons (Fsp3) is 0.611. The van der Waals surface area contributed by atoms with Crippen LogP contribution in [-0.4, -0.2) is 35.6 Å². The highest BCUT2D eigenvalue weighted by Gasteiger charge is 2.20. The molecule has 1 aromatic carbocycles. The molecule has 21 heavy (non-hydrogen) atoms. The van der Waals surface area contributed by atoms with Gasteiger partial charge >= 0.3 is 5.97 Å². The monoisotopic (exact) mass is 291 g/mol. The highest BCUT2D eigenvalue weighted by molar-refractivity contribution is 5.67. The molecule has 3 heteroatoms. The van der Waals surface area contributed by atoms with E-state index in [0.717, 1.165) is 25.8 Å². The minimum Gasteiger partial charge on any atom is -0.481 e. The summed E-state index contributed by atoms with van der Waals surface area (Å²) in [6, 6.07) is 4.44. The number of carbonyl (C=O) groups is 1. The highest BCUT2D eigenvalue weighted by Crippen LogP contribution is 2.21. The first-order valence-corrected chi connectivity index (χ1v) is 7.83. The molecule has 0 saturated carbocycles. The smallest absolute Gasteiger partial charge is 0.304 e. The molecule has 1 aromatic rings. The van der Waals surface area contributed by atoms with Crippen LogP contribution in [0.4, 0.5) is 0 Å². The Balaban J connectivity index is 2.93. The van der Waals surface area contributed by atoms with E-state index in [2.05, 4.69) is 44.7 Å². The topological polar surface area (TPSA) is 40.5 Å². The minimum atomic E-state index is -0.717. The van der Waals surface area contributed by atoms with Crippen LogP contribution in [0, 0.1) is 20.8 Å². The second-order valence-corrected chi connectivity index (χ2v) is 6.17. The van der Waals surface area contributed by atoms with Crippen molar-refractivity contribution in [2.24, 2.45) is 0 Å². The Bertz CT molecular complexity index is 459. The quantitative estimate of drug-likeness (QED) is 0.793. The molecule has 1 atom stereocenters. The molecule has 0 aliphatic carbocycles. The molecule has 1 N–H and O–H groups in total. The Kier molecular flexibility index (Phi) is 6.90. The van der Waals surface area contributed by atoms with Crippen molar-refractivity contribution >= 4 is 5.97 Å². The molecule has 1 rings (SSSR count). The van der Waals surface area contributed by atoms with E-state index in [1.807, 2.05) is 7.05 Å². The number of carboxylic acids is 1. The van der Waals surface area contributed by atoms with Crippen molar-refractivity contribution in [3.8, 4) is 0 Å². The van der Waals surface area contributed by atoms with Crippen LogP contribution in [0.1, 0.15) is 48.4 Å². The Hall–Kier alpha value is -1.35. The van der Waals surface area contributed by atoms with Crippen LogP contribution in [0.15, 0.2) is 12.1 Å². The Morgan fingerprint density at radius 2 is 1.81 bits per heavy atom. The zero-order chi connectivity index (χ0) is 16.0. The van der Waals surface area contributed by atoms with E-state index in [0.29, 0.717) is 0 Å². The normalized spacial score (nSPS) is 12.7. The number of nitrogens with zero attached hydrogens (tertiary/aromatic N) is 1. The minimum absolute atomic E-state index is 0.0640. The van der Waals surface area contributed by atoms with Gasteiger partial charge in [-0.3, -0.25) is 4.79 Å². The predicted octanol–water partition coefficient (Wildman–Crippen LogP) is 3.73. The van der Waals surface area contributed by atoms with Crippen LogP contribution in [0.3, 0.4) is 0 Å². The molecule has 0 heterocycles. The van der Waals surface area contributed by atoms with Crippen LogP contribution in [0.2, 0.25) is 0 Å². The van der Waals surface area contributed by atoms with Crippen molar-refractivity contribution in [2.75, 3.05) is 13.6 Å². The van der Waals surface area contributed by atoms with Crippen molar-refractivity contribution in [3.05, 3.63) is 34.4 Å². The molecule has 1 unspecified atom stereocenters. The molecule has 0 radical (unpaired) electrons. The number of hydrogen-bond acceptors (Lipinski definition) is 2. The van der Waals surface area contributed by atoms with Gasteiger partial charge < -0.3 is 10.0 Å². The molecule has 0 aromatic heterocycles. The lowest BCUT2D eigenvalue weighted by Crippen LogP contribution is -2.36. The third-order valence-electron chi connectivity index (χ3n) is 4.18. The van der Waals surface area contributed by atoms with Gasteiger partial charge in [-0.2, -0.15) is 0 Å². The first kappa shape index (κ1) is 17.7. The maximum Gasteiger partial charge on any atom is 0.304 e. The molecule has 0 bridgehead atoms. The maximum atomic E-state index is 11.2.